The Hall–Kier alpha value is -3.09. The van der Waals surface area contributed by atoms with Crippen molar-refractivity contribution in [2.24, 2.45) is 5.16 Å². The van der Waals surface area contributed by atoms with Crippen molar-refractivity contribution in [2.45, 2.75) is 6.92 Å². The average Bonchev–Trinajstić information content (AvgIpc) is 3.19. The van der Waals surface area contributed by atoms with Crippen LogP contribution in [-0.2, 0) is 9.57 Å². The second-order valence-electron chi connectivity index (χ2n) is 5.74. The van der Waals surface area contributed by atoms with Crippen LogP contribution >= 0.6 is 23.2 Å². The first-order valence-corrected chi connectivity index (χ1v) is 9.30. The summed E-state index contributed by atoms with van der Waals surface area (Å²) in [5.41, 5.74) is 1.45. The summed E-state index contributed by atoms with van der Waals surface area (Å²) in [7, 11) is 0. The third-order valence-corrected chi connectivity index (χ3v) is 4.52. The Morgan fingerprint density at radius 1 is 0.966 bits per heavy atom. The Bertz CT molecular complexity index is 1060. The van der Waals surface area contributed by atoms with Crippen molar-refractivity contribution in [1.29, 1.82) is 0 Å². The molecular formula is C21H15Cl2NO5. The van der Waals surface area contributed by atoms with Gasteiger partial charge < -0.3 is 14.0 Å². The first-order valence-electron chi connectivity index (χ1n) is 8.55. The van der Waals surface area contributed by atoms with Crippen LogP contribution in [0.15, 0.2) is 64.2 Å². The van der Waals surface area contributed by atoms with E-state index in [1.54, 1.807) is 43.3 Å². The number of oxime groups is 1. The van der Waals surface area contributed by atoms with E-state index in [0.29, 0.717) is 28.7 Å². The first kappa shape index (κ1) is 20.6. The van der Waals surface area contributed by atoms with Crippen LogP contribution in [0.4, 0.5) is 0 Å². The minimum Gasteiger partial charge on any atom is -0.462 e. The van der Waals surface area contributed by atoms with Crippen LogP contribution in [0.25, 0.3) is 11.3 Å². The van der Waals surface area contributed by atoms with Gasteiger partial charge in [-0.2, -0.15) is 0 Å². The molecule has 8 heteroatoms. The van der Waals surface area contributed by atoms with E-state index in [2.05, 4.69) is 5.16 Å². The molecule has 0 spiro atoms. The highest BCUT2D eigenvalue weighted by Gasteiger charge is 2.10. The fourth-order valence-electron chi connectivity index (χ4n) is 2.36. The fourth-order valence-corrected chi connectivity index (χ4v) is 2.66. The molecule has 0 atom stereocenters. The van der Waals surface area contributed by atoms with Gasteiger partial charge in [0.1, 0.15) is 17.7 Å². The zero-order chi connectivity index (χ0) is 20.8. The molecule has 148 valence electrons. The average molecular weight is 432 g/mol. The van der Waals surface area contributed by atoms with E-state index in [4.69, 9.17) is 37.2 Å². The van der Waals surface area contributed by atoms with Crippen molar-refractivity contribution >= 4 is 41.4 Å². The minimum atomic E-state index is -0.679. The zero-order valence-electron chi connectivity index (χ0n) is 15.2. The number of ether oxygens (including phenoxy) is 1. The molecule has 2 aromatic carbocycles. The maximum atomic E-state index is 12.0. The summed E-state index contributed by atoms with van der Waals surface area (Å²) in [4.78, 5) is 28.5. The van der Waals surface area contributed by atoms with Crippen molar-refractivity contribution in [3.8, 4) is 11.3 Å². The lowest BCUT2D eigenvalue weighted by Gasteiger charge is -2.02. The number of carbonyl (C=O) groups excluding carboxylic acids is 2. The summed E-state index contributed by atoms with van der Waals surface area (Å²) in [5.74, 6) is -0.106. The number of esters is 1. The smallest absolute Gasteiger partial charge is 0.365 e. The lowest BCUT2D eigenvalue weighted by Crippen LogP contribution is -2.03. The molecule has 0 fully saturated rings. The number of furan rings is 1. The third-order valence-electron chi connectivity index (χ3n) is 3.78. The molecule has 0 saturated carbocycles. The Kier molecular flexibility index (Phi) is 6.69. The Balaban J connectivity index is 1.63. The van der Waals surface area contributed by atoms with Gasteiger partial charge in [0, 0.05) is 5.56 Å². The van der Waals surface area contributed by atoms with Gasteiger partial charge in [-0.1, -0.05) is 40.5 Å². The van der Waals surface area contributed by atoms with Gasteiger partial charge in [-0.25, -0.2) is 9.59 Å². The van der Waals surface area contributed by atoms with E-state index in [1.807, 2.05) is 0 Å². The zero-order valence-corrected chi connectivity index (χ0v) is 16.7. The van der Waals surface area contributed by atoms with Gasteiger partial charge in [-0.05, 0) is 49.4 Å². The van der Waals surface area contributed by atoms with Crippen LogP contribution in [-0.4, -0.2) is 24.8 Å². The Morgan fingerprint density at radius 2 is 1.69 bits per heavy atom. The molecule has 6 nitrogen and oxygen atoms in total. The fraction of sp³-hybridized carbons (Fsp3) is 0.0952. The Morgan fingerprint density at radius 3 is 2.38 bits per heavy atom. The van der Waals surface area contributed by atoms with E-state index in [0.717, 1.165) is 5.56 Å². The van der Waals surface area contributed by atoms with Crippen LogP contribution < -0.4 is 0 Å². The van der Waals surface area contributed by atoms with Crippen molar-refractivity contribution < 1.29 is 23.6 Å². The number of nitrogens with zero attached hydrogens (tertiary/aromatic N) is 1. The predicted molar refractivity (Wildman–Crippen MR) is 110 cm³/mol. The molecule has 29 heavy (non-hydrogen) atoms. The van der Waals surface area contributed by atoms with Crippen molar-refractivity contribution in [2.75, 3.05) is 6.61 Å². The SMILES string of the molecule is CCOC(=O)c1ccc(-c2ccc(C=NOC(=O)c3ccc(Cl)c(Cl)c3)o2)cc1. The van der Waals surface area contributed by atoms with E-state index in [1.165, 1.54) is 24.4 Å². The van der Waals surface area contributed by atoms with E-state index < -0.39 is 5.97 Å². The first-order chi connectivity index (χ1) is 14.0. The second-order valence-corrected chi connectivity index (χ2v) is 6.56. The molecule has 1 heterocycles. The van der Waals surface area contributed by atoms with Crippen molar-refractivity contribution in [3.63, 3.8) is 0 Å². The van der Waals surface area contributed by atoms with Gasteiger partial charge in [-0.15, -0.1) is 0 Å². The maximum absolute atomic E-state index is 12.0. The molecule has 0 amide bonds. The largest absolute Gasteiger partial charge is 0.462 e. The highest BCUT2D eigenvalue weighted by Crippen LogP contribution is 2.24. The molecule has 0 saturated heterocycles. The minimum absolute atomic E-state index is 0.221. The highest BCUT2D eigenvalue weighted by atomic mass is 35.5. The standard InChI is InChI=1S/C21H15Cl2NO5/c1-2-27-20(25)14-5-3-13(4-6-14)19-10-8-16(28-19)12-24-29-21(26)15-7-9-17(22)18(23)11-15/h3-12H,2H2,1H3. The Labute approximate surface area is 176 Å². The predicted octanol–water partition coefficient (Wildman–Crippen LogP) is 5.62. The van der Waals surface area contributed by atoms with Gasteiger partial charge in [0.2, 0.25) is 0 Å². The van der Waals surface area contributed by atoms with Crippen LogP contribution in [0.2, 0.25) is 10.0 Å². The number of halogens is 2. The molecule has 0 unspecified atom stereocenters. The second kappa shape index (κ2) is 9.41. The van der Waals surface area contributed by atoms with Crippen molar-refractivity contribution in [3.05, 3.63) is 81.5 Å². The molecule has 0 aliphatic carbocycles. The van der Waals surface area contributed by atoms with Gasteiger partial charge in [0.25, 0.3) is 0 Å². The summed E-state index contributed by atoms with van der Waals surface area (Å²) in [6.07, 6.45) is 1.27. The summed E-state index contributed by atoms with van der Waals surface area (Å²) in [5, 5.41) is 4.21. The summed E-state index contributed by atoms with van der Waals surface area (Å²) in [6, 6.07) is 14.6. The maximum Gasteiger partial charge on any atom is 0.365 e. The monoisotopic (exact) mass is 431 g/mol. The molecule has 0 aliphatic heterocycles. The molecule has 3 rings (SSSR count). The quantitative estimate of drug-likeness (QED) is 0.219. The summed E-state index contributed by atoms with van der Waals surface area (Å²) >= 11 is 11.7. The molecule has 0 bridgehead atoms. The molecule has 0 N–H and O–H groups in total. The molecule has 0 aliphatic rings. The number of benzene rings is 2. The van der Waals surface area contributed by atoms with Crippen LogP contribution in [0.1, 0.15) is 33.4 Å². The number of carbonyl (C=O) groups is 2. The number of hydrogen-bond donors (Lipinski definition) is 0. The van der Waals surface area contributed by atoms with Crippen LogP contribution in [0, 0.1) is 0 Å². The van der Waals surface area contributed by atoms with E-state index in [-0.39, 0.29) is 16.6 Å². The number of hydrogen-bond acceptors (Lipinski definition) is 6. The molecule has 0 radical (unpaired) electrons. The third kappa shape index (κ3) is 5.25. The highest BCUT2D eigenvalue weighted by molar-refractivity contribution is 6.42. The van der Waals surface area contributed by atoms with Gasteiger partial charge in [-0.3, -0.25) is 0 Å². The topological polar surface area (TPSA) is 78.1 Å². The van der Waals surface area contributed by atoms with Crippen LogP contribution in [0.5, 0.6) is 0 Å². The van der Waals surface area contributed by atoms with Gasteiger partial charge in [0.15, 0.2) is 0 Å². The summed E-state index contributed by atoms with van der Waals surface area (Å²) in [6.45, 7) is 2.07. The van der Waals surface area contributed by atoms with Gasteiger partial charge in [0.05, 0.1) is 27.8 Å². The normalized spacial score (nSPS) is 10.9. The number of rotatable bonds is 6. The van der Waals surface area contributed by atoms with Gasteiger partial charge >= 0.3 is 11.9 Å². The molecule has 3 aromatic rings. The van der Waals surface area contributed by atoms with Crippen molar-refractivity contribution in [1.82, 2.24) is 0 Å². The van der Waals surface area contributed by atoms with E-state index >= 15 is 0 Å². The molecule has 1 aromatic heterocycles. The van der Waals surface area contributed by atoms with Crippen LogP contribution in [0.3, 0.4) is 0 Å². The summed E-state index contributed by atoms with van der Waals surface area (Å²) < 4.78 is 10.6. The lowest BCUT2D eigenvalue weighted by molar-refractivity contribution is 0.0512. The molecular weight excluding hydrogens is 417 g/mol. The lowest BCUT2D eigenvalue weighted by atomic mass is 10.1. The van der Waals surface area contributed by atoms with E-state index in [9.17, 15) is 9.59 Å².